The van der Waals surface area contributed by atoms with Crippen LogP contribution in [0.1, 0.15) is 0 Å². The van der Waals surface area contributed by atoms with E-state index in [4.69, 9.17) is 13.8 Å². The third kappa shape index (κ3) is 4.44. The van der Waals surface area contributed by atoms with E-state index < -0.39 is 0 Å². The van der Waals surface area contributed by atoms with Gasteiger partial charge in [-0.25, -0.2) is 4.98 Å². The van der Waals surface area contributed by atoms with Crippen LogP contribution < -0.4 is 0 Å². The summed E-state index contributed by atoms with van der Waals surface area (Å²) in [7, 11) is 0. The number of hydrogen-bond acceptors (Lipinski definition) is 3. The smallest absolute Gasteiger partial charge is 0.153 e. The minimum atomic E-state index is 0.763. The molecule has 0 unspecified atom stereocenters. The molecule has 58 heavy (non-hydrogen) atoms. The Morgan fingerprint density at radius 3 is 1.86 bits per heavy atom. The summed E-state index contributed by atoms with van der Waals surface area (Å²) in [6.07, 6.45) is 0. The van der Waals surface area contributed by atoms with Crippen molar-refractivity contribution < 1.29 is 8.83 Å². The minimum absolute atomic E-state index is 0.763. The SMILES string of the molecule is c1ccc(-n2c3ccccc3c3cc(-c4cccc5c4c4ccccc4n5-c4ccc5oc6ccc(-c7ccc8oc9ccccc9c8c7)nc6c5c4)ccc32)cc1. The lowest BCUT2D eigenvalue weighted by atomic mass is 9.98. The molecule has 8 aromatic carbocycles. The lowest BCUT2D eigenvalue weighted by molar-refractivity contribution is 0.668. The number of furan rings is 2. The average Bonchev–Trinajstić information content (AvgIpc) is 4.03. The molecule has 0 aliphatic heterocycles. The first-order valence-electron chi connectivity index (χ1n) is 19.6. The second-order valence-corrected chi connectivity index (χ2v) is 15.1. The Morgan fingerprint density at radius 2 is 0.966 bits per heavy atom. The minimum Gasteiger partial charge on any atom is -0.456 e. The summed E-state index contributed by atoms with van der Waals surface area (Å²) >= 11 is 0. The van der Waals surface area contributed by atoms with E-state index in [0.717, 1.165) is 77.7 Å². The van der Waals surface area contributed by atoms with Crippen LogP contribution in [-0.2, 0) is 0 Å². The van der Waals surface area contributed by atoms with Gasteiger partial charge in [0.15, 0.2) is 5.58 Å². The average molecular weight is 742 g/mol. The summed E-state index contributed by atoms with van der Waals surface area (Å²) in [5, 5.41) is 8.07. The van der Waals surface area contributed by atoms with Crippen molar-refractivity contribution in [3.63, 3.8) is 0 Å². The van der Waals surface area contributed by atoms with Gasteiger partial charge in [0.1, 0.15) is 22.3 Å². The largest absolute Gasteiger partial charge is 0.456 e. The van der Waals surface area contributed by atoms with Gasteiger partial charge in [0, 0.05) is 54.6 Å². The molecule has 0 saturated carbocycles. The summed E-state index contributed by atoms with van der Waals surface area (Å²) in [6, 6.07) is 66.7. The van der Waals surface area contributed by atoms with Gasteiger partial charge in [-0.2, -0.15) is 0 Å². The Balaban J connectivity index is 0.985. The summed E-state index contributed by atoms with van der Waals surface area (Å²) in [5.74, 6) is 0. The molecule has 5 heterocycles. The zero-order chi connectivity index (χ0) is 37.9. The van der Waals surface area contributed by atoms with E-state index in [2.05, 4.69) is 161 Å². The maximum atomic E-state index is 6.39. The van der Waals surface area contributed by atoms with Crippen LogP contribution in [0, 0.1) is 0 Å². The lowest BCUT2D eigenvalue weighted by Gasteiger charge is -2.10. The van der Waals surface area contributed by atoms with Gasteiger partial charge in [-0.15, -0.1) is 0 Å². The standard InChI is InChI=1S/C53H31N3O2/c1-2-11-34(12-3-1)55-44-17-7-4-13-37(44)40-29-32(21-25-46(40)55)36-16-10-19-47-52(36)39-15-5-8-18-45(39)56(47)35-23-27-50-42(31-35)53-51(58-50)28-24-43(54-53)33-22-26-49-41(30-33)38-14-6-9-20-48(38)57-49/h1-31H. The van der Waals surface area contributed by atoms with Gasteiger partial charge in [0.25, 0.3) is 0 Å². The van der Waals surface area contributed by atoms with Crippen molar-refractivity contribution in [3.8, 4) is 33.8 Å². The van der Waals surface area contributed by atoms with Crippen molar-refractivity contribution in [2.24, 2.45) is 0 Å². The van der Waals surface area contributed by atoms with Crippen molar-refractivity contribution >= 4 is 87.6 Å². The Hall–Kier alpha value is -7.89. The summed E-state index contributed by atoms with van der Waals surface area (Å²) in [4.78, 5) is 5.24. The van der Waals surface area contributed by atoms with Crippen LogP contribution in [-0.4, -0.2) is 14.1 Å². The normalized spacial score (nSPS) is 12.1. The van der Waals surface area contributed by atoms with E-state index in [-0.39, 0.29) is 0 Å². The molecule has 0 N–H and O–H groups in total. The predicted molar refractivity (Wildman–Crippen MR) is 238 cm³/mol. The highest BCUT2D eigenvalue weighted by molar-refractivity contribution is 6.18. The summed E-state index contributed by atoms with van der Waals surface area (Å²) < 4.78 is 17.3. The molecule has 5 heteroatoms. The molecule has 13 aromatic rings. The first kappa shape index (κ1) is 31.3. The maximum absolute atomic E-state index is 6.39. The van der Waals surface area contributed by atoms with Crippen molar-refractivity contribution in [2.45, 2.75) is 0 Å². The van der Waals surface area contributed by atoms with Crippen LogP contribution >= 0.6 is 0 Å². The van der Waals surface area contributed by atoms with E-state index in [0.29, 0.717) is 0 Å². The molecule has 0 aliphatic carbocycles. The topological polar surface area (TPSA) is 49.0 Å². The first-order valence-corrected chi connectivity index (χ1v) is 19.6. The molecule has 5 nitrogen and oxygen atoms in total. The highest BCUT2D eigenvalue weighted by atomic mass is 16.3. The Bertz CT molecular complexity index is 3810. The van der Waals surface area contributed by atoms with E-state index in [1.807, 2.05) is 36.4 Å². The number of rotatable bonds is 4. The first-order chi connectivity index (χ1) is 28.7. The Kier molecular flexibility index (Phi) is 6.38. The molecule has 0 amide bonds. The van der Waals surface area contributed by atoms with Gasteiger partial charge in [0.05, 0.1) is 27.8 Å². The molecule has 0 fully saturated rings. The van der Waals surface area contributed by atoms with Crippen molar-refractivity contribution in [2.75, 3.05) is 0 Å². The summed E-state index contributed by atoms with van der Waals surface area (Å²) in [5.41, 5.74) is 15.4. The molecule has 0 radical (unpaired) electrons. The number of hydrogen-bond donors (Lipinski definition) is 0. The van der Waals surface area contributed by atoms with Crippen LogP contribution in [0.3, 0.4) is 0 Å². The van der Waals surface area contributed by atoms with Gasteiger partial charge >= 0.3 is 0 Å². The van der Waals surface area contributed by atoms with Crippen LogP contribution in [0.15, 0.2) is 197 Å². The third-order valence-corrected chi connectivity index (χ3v) is 11.9. The molecule has 0 aliphatic rings. The second-order valence-electron chi connectivity index (χ2n) is 15.1. The molecule has 0 spiro atoms. The Morgan fingerprint density at radius 1 is 0.345 bits per heavy atom. The maximum Gasteiger partial charge on any atom is 0.153 e. The van der Waals surface area contributed by atoms with Crippen molar-refractivity contribution in [3.05, 3.63) is 188 Å². The monoisotopic (exact) mass is 741 g/mol. The summed E-state index contributed by atoms with van der Waals surface area (Å²) in [6.45, 7) is 0. The lowest BCUT2D eigenvalue weighted by Crippen LogP contribution is -1.94. The molecule has 0 bridgehead atoms. The molecular formula is C53H31N3O2. The molecular weight excluding hydrogens is 711 g/mol. The van der Waals surface area contributed by atoms with Crippen LogP contribution in [0.2, 0.25) is 0 Å². The second kappa shape index (κ2) is 11.8. The number of pyridine rings is 1. The van der Waals surface area contributed by atoms with Crippen molar-refractivity contribution in [1.29, 1.82) is 0 Å². The number of benzene rings is 8. The fourth-order valence-corrected chi connectivity index (χ4v) is 9.35. The number of aromatic nitrogens is 3. The quantitative estimate of drug-likeness (QED) is 0.180. The predicted octanol–water partition coefficient (Wildman–Crippen LogP) is 14.4. The zero-order valence-corrected chi connectivity index (χ0v) is 31.1. The van der Waals surface area contributed by atoms with Crippen LogP contribution in [0.25, 0.3) is 121 Å². The van der Waals surface area contributed by atoms with E-state index in [1.54, 1.807) is 0 Å². The van der Waals surface area contributed by atoms with Crippen molar-refractivity contribution in [1.82, 2.24) is 14.1 Å². The van der Waals surface area contributed by atoms with Gasteiger partial charge in [-0.05, 0) is 108 Å². The fraction of sp³-hybridized carbons (Fsp3) is 0. The van der Waals surface area contributed by atoms with Gasteiger partial charge in [0.2, 0.25) is 0 Å². The van der Waals surface area contributed by atoms with E-state index >= 15 is 0 Å². The molecule has 0 atom stereocenters. The number of nitrogens with zero attached hydrogens (tertiary/aromatic N) is 3. The third-order valence-electron chi connectivity index (χ3n) is 11.9. The van der Waals surface area contributed by atoms with Crippen LogP contribution in [0.5, 0.6) is 0 Å². The van der Waals surface area contributed by atoms with Crippen LogP contribution in [0.4, 0.5) is 0 Å². The molecule has 0 saturated heterocycles. The highest BCUT2D eigenvalue weighted by Gasteiger charge is 2.20. The molecule has 5 aromatic heterocycles. The van der Waals surface area contributed by atoms with Gasteiger partial charge in [-0.1, -0.05) is 91.0 Å². The molecule has 13 rings (SSSR count). The number of fused-ring (bicyclic) bond motifs is 12. The van der Waals surface area contributed by atoms with Gasteiger partial charge < -0.3 is 18.0 Å². The fourth-order valence-electron chi connectivity index (χ4n) is 9.35. The van der Waals surface area contributed by atoms with E-state index in [1.165, 1.54) is 43.7 Å². The highest BCUT2D eigenvalue weighted by Crippen LogP contribution is 2.42. The number of para-hydroxylation sites is 4. The zero-order valence-electron chi connectivity index (χ0n) is 31.1. The Labute approximate surface area is 331 Å². The van der Waals surface area contributed by atoms with E-state index in [9.17, 15) is 0 Å². The van der Waals surface area contributed by atoms with Gasteiger partial charge in [-0.3, -0.25) is 0 Å². The molecule has 270 valence electrons.